The molecule has 2 rings (SSSR count). The van der Waals surface area contributed by atoms with Gasteiger partial charge < -0.3 is 10.5 Å². The Kier molecular flexibility index (Phi) is 8.34. The minimum atomic E-state index is -0.647. The second-order valence-electron chi connectivity index (χ2n) is 5.66. The van der Waals surface area contributed by atoms with Crippen molar-refractivity contribution >= 4 is 23.5 Å². The molecule has 3 N–H and O–H groups in total. The molecule has 0 radical (unpaired) electrons. The number of ether oxygens (including phenoxy) is 1. The molecule has 0 aromatic heterocycles. The Hall–Kier alpha value is -2.15. The van der Waals surface area contributed by atoms with Gasteiger partial charge in [-0.15, -0.1) is 0 Å². The molecular weight excluding hydrogens is 348 g/mol. The van der Waals surface area contributed by atoms with E-state index in [2.05, 4.69) is 5.32 Å². The van der Waals surface area contributed by atoms with E-state index in [0.717, 1.165) is 5.56 Å². The van der Waals surface area contributed by atoms with Crippen LogP contribution < -0.4 is 11.1 Å². The van der Waals surface area contributed by atoms with Crippen LogP contribution in [0.3, 0.4) is 0 Å². The number of ketones is 1. The maximum Gasteiger partial charge on any atom is 0.324 e. The van der Waals surface area contributed by atoms with Crippen molar-refractivity contribution in [2.24, 2.45) is 5.73 Å². The molecule has 0 fully saturated rings. The number of hydrogen-bond donors (Lipinski definition) is 2. The molecule has 0 aliphatic rings. The van der Waals surface area contributed by atoms with Crippen molar-refractivity contribution in [1.82, 2.24) is 5.32 Å². The lowest BCUT2D eigenvalue weighted by Crippen LogP contribution is -2.44. The summed E-state index contributed by atoms with van der Waals surface area (Å²) in [5, 5.41) is 2.89. The summed E-state index contributed by atoms with van der Waals surface area (Å²) >= 11 is 1.57. The Morgan fingerprint density at radius 3 is 2.27 bits per heavy atom. The van der Waals surface area contributed by atoms with Crippen molar-refractivity contribution in [3.05, 3.63) is 71.8 Å². The summed E-state index contributed by atoms with van der Waals surface area (Å²) < 4.78 is 4.98. The molecule has 0 aliphatic carbocycles. The van der Waals surface area contributed by atoms with E-state index in [1.165, 1.54) is 7.11 Å². The Bertz CT molecular complexity index is 695. The molecule has 2 atom stereocenters. The number of thioether (sulfide) groups is 1. The summed E-state index contributed by atoms with van der Waals surface area (Å²) in [5.74, 6) is 0.223. The summed E-state index contributed by atoms with van der Waals surface area (Å²) in [6.45, 7) is 0.557. The average molecular weight is 372 g/mol. The van der Waals surface area contributed by atoms with Gasteiger partial charge in [0.05, 0.1) is 18.9 Å². The van der Waals surface area contributed by atoms with E-state index >= 15 is 0 Å². The zero-order chi connectivity index (χ0) is 18.8. The fourth-order valence-corrected chi connectivity index (χ4v) is 3.73. The van der Waals surface area contributed by atoms with E-state index in [1.54, 1.807) is 23.9 Å². The molecule has 2 aromatic rings. The normalized spacial score (nSPS) is 13.0. The van der Waals surface area contributed by atoms with E-state index in [4.69, 9.17) is 10.5 Å². The number of methoxy groups -OCH3 is 1. The first-order chi connectivity index (χ1) is 12.7. The second-order valence-corrected chi connectivity index (χ2v) is 6.91. The van der Waals surface area contributed by atoms with Gasteiger partial charge in [0, 0.05) is 17.9 Å². The van der Waals surface area contributed by atoms with Crippen LogP contribution in [0.25, 0.3) is 0 Å². The number of nitrogens with one attached hydrogen (secondary N) is 1. The Morgan fingerprint density at radius 1 is 1.08 bits per heavy atom. The van der Waals surface area contributed by atoms with Crippen LogP contribution in [-0.2, 0) is 9.53 Å². The lowest BCUT2D eigenvalue weighted by molar-refractivity contribution is -0.143. The SMILES string of the molecule is COC(=O)C(NCC(=O)c1ccccc1)C(SCCN)c1ccccc1. The number of rotatable bonds is 10. The monoisotopic (exact) mass is 372 g/mol. The maximum absolute atomic E-state index is 12.4. The Balaban J connectivity index is 2.17. The first kappa shape index (κ1) is 20.2. The molecule has 26 heavy (non-hydrogen) atoms. The third kappa shape index (κ3) is 5.69. The zero-order valence-electron chi connectivity index (χ0n) is 14.8. The standard InChI is InChI=1S/C20H24N2O3S/c1-25-20(24)18(22-14-17(23)15-8-4-2-5-9-15)19(26-13-12-21)16-10-6-3-7-11-16/h2-11,18-19,22H,12-14,21H2,1H3. The quantitative estimate of drug-likeness (QED) is 0.492. The topological polar surface area (TPSA) is 81.4 Å². The first-order valence-corrected chi connectivity index (χ1v) is 9.48. The highest BCUT2D eigenvalue weighted by Gasteiger charge is 2.31. The van der Waals surface area contributed by atoms with Gasteiger partial charge in [0.25, 0.3) is 0 Å². The summed E-state index contributed by atoms with van der Waals surface area (Å²) in [6.07, 6.45) is 0. The molecule has 2 aromatic carbocycles. The Labute approximate surface area is 158 Å². The summed E-state index contributed by atoms with van der Waals surface area (Å²) in [4.78, 5) is 24.8. The average Bonchev–Trinajstić information content (AvgIpc) is 2.71. The van der Waals surface area contributed by atoms with Gasteiger partial charge in [0.2, 0.25) is 0 Å². The van der Waals surface area contributed by atoms with Crippen molar-refractivity contribution in [2.45, 2.75) is 11.3 Å². The molecule has 0 amide bonds. The number of carbonyl (C=O) groups excluding carboxylic acids is 2. The van der Waals surface area contributed by atoms with Crippen LogP contribution in [0.4, 0.5) is 0 Å². The van der Waals surface area contributed by atoms with Gasteiger partial charge in [-0.05, 0) is 5.56 Å². The van der Waals surface area contributed by atoms with Crippen molar-refractivity contribution in [3.63, 3.8) is 0 Å². The van der Waals surface area contributed by atoms with E-state index < -0.39 is 12.0 Å². The summed E-state index contributed by atoms with van der Waals surface area (Å²) in [7, 11) is 1.35. The van der Waals surface area contributed by atoms with Crippen LogP contribution in [0.5, 0.6) is 0 Å². The first-order valence-electron chi connectivity index (χ1n) is 8.43. The van der Waals surface area contributed by atoms with E-state index in [1.807, 2.05) is 48.5 Å². The molecule has 6 heteroatoms. The third-order valence-electron chi connectivity index (χ3n) is 3.88. The molecule has 0 heterocycles. The predicted molar refractivity (Wildman–Crippen MR) is 105 cm³/mol. The molecule has 138 valence electrons. The highest BCUT2D eigenvalue weighted by Crippen LogP contribution is 2.32. The van der Waals surface area contributed by atoms with Gasteiger partial charge in [-0.25, -0.2) is 0 Å². The van der Waals surface area contributed by atoms with Crippen molar-refractivity contribution < 1.29 is 14.3 Å². The van der Waals surface area contributed by atoms with Crippen molar-refractivity contribution in [1.29, 1.82) is 0 Å². The van der Waals surface area contributed by atoms with Gasteiger partial charge >= 0.3 is 5.97 Å². The lowest BCUT2D eigenvalue weighted by atomic mass is 10.0. The van der Waals surface area contributed by atoms with Crippen LogP contribution in [0.1, 0.15) is 21.2 Å². The number of Topliss-reactive ketones (excluding diaryl/α,β-unsaturated/α-hetero) is 1. The largest absolute Gasteiger partial charge is 0.468 e. The van der Waals surface area contributed by atoms with Crippen LogP contribution in [0.15, 0.2) is 60.7 Å². The molecule has 0 bridgehead atoms. The number of hydrogen-bond acceptors (Lipinski definition) is 6. The van der Waals surface area contributed by atoms with Crippen LogP contribution in [0.2, 0.25) is 0 Å². The third-order valence-corrected chi connectivity index (χ3v) is 5.25. The van der Waals surface area contributed by atoms with Crippen LogP contribution in [-0.4, -0.2) is 43.7 Å². The Morgan fingerprint density at radius 2 is 1.69 bits per heavy atom. The van der Waals surface area contributed by atoms with Gasteiger partial charge in [0.15, 0.2) is 5.78 Å². The number of nitrogens with two attached hydrogens (primary N) is 1. The van der Waals surface area contributed by atoms with E-state index in [0.29, 0.717) is 17.9 Å². The smallest absolute Gasteiger partial charge is 0.324 e. The fourth-order valence-electron chi connectivity index (χ4n) is 2.59. The van der Waals surface area contributed by atoms with E-state index in [-0.39, 0.29) is 17.6 Å². The van der Waals surface area contributed by atoms with Crippen LogP contribution >= 0.6 is 11.8 Å². The van der Waals surface area contributed by atoms with Crippen LogP contribution in [0, 0.1) is 0 Å². The molecular formula is C20H24N2O3S. The van der Waals surface area contributed by atoms with E-state index in [9.17, 15) is 9.59 Å². The second kappa shape index (κ2) is 10.8. The zero-order valence-corrected chi connectivity index (χ0v) is 15.6. The number of carbonyl (C=O) groups is 2. The number of benzene rings is 2. The highest BCUT2D eigenvalue weighted by atomic mass is 32.2. The van der Waals surface area contributed by atoms with Gasteiger partial charge in [-0.2, -0.15) is 11.8 Å². The van der Waals surface area contributed by atoms with Gasteiger partial charge in [-0.3, -0.25) is 14.9 Å². The maximum atomic E-state index is 12.4. The minimum absolute atomic E-state index is 0.0519. The molecule has 2 unspecified atom stereocenters. The summed E-state index contributed by atoms with van der Waals surface area (Å²) in [6, 6.07) is 18.1. The minimum Gasteiger partial charge on any atom is -0.468 e. The predicted octanol–water partition coefficient (Wildman–Crippen LogP) is 2.43. The molecule has 0 aliphatic heterocycles. The van der Waals surface area contributed by atoms with Gasteiger partial charge in [0.1, 0.15) is 6.04 Å². The molecule has 5 nitrogen and oxygen atoms in total. The molecule has 0 spiro atoms. The highest BCUT2D eigenvalue weighted by molar-refractivity contribution is 7.99. The summed E-state index contributed by atoms with van der Waals surface area (Å²) in [5.41, 5.74) is 7.24. The van der Waals surface area contributed by atoms with Crippen molar-refractivity contribution in [3.8, 4) is 0 Å². The van der Waals surface area contributed by atoms with Gasteiger partial charge in [-0.1, -0.05) is 60.7 Å². The molecule has 0 saturated heterocycles. The fraction of sp³-hybridized carbons (Fsp3) is 0.300. The van der Waals surface area contributed by atoms with Crippen molar-refractivity contribution in [2.75, 3.05) is 26.0 Å². The lowest BCUT2D eigenvalue weighted by Gasteiger charge is -2.26. The number of esters is 1. The molecule has 0 saturated carbocycles.